The lowest BCUT2D eigenvalue weighted by atomic mass is 9.66. The zero-order valence-electron chi connectivity index (χ0n) is 22.8. The summed E-state index contributed by atoms with van der Waals surface area (Å²) in [6, 6.07) is 5.23. The first-order chi connectivity index (χ1) is 18.2. The van der Waals surface area contributed by atoms with Crippen molar-refractivity contribution in [1.29, 1.82) is 0 Å². The molecule has 4 rings (SSSR count). The molecule has 2 bridgehead atoms. The van der Waals surface area contributed by atoms with Crippen LogP contribution in [0.5, 0.6) is 0 Å². The summed E-state index contributed by atoms with van der Waals surface area (Å²) in [5.41, 5.74) is 2.79. The van der Waals surface area contributed by atoms with Crippen molar-refractivity contribution < 1.29 is 24.2 Å². The van der Waals surface area contributed by atoms with E-state index >= 15 is 0 Å². The number of unbranched alkanes of at least 4 members (excludes halogenated alkanes) is 1. The molecule has 38 heavy (non-hydrogen) atoms. The topological polar surface area (TPSA) is 87.1 Å². The van der Waals surface area contributed by atoms with Crippen LogP contribution in [0.2, 0.25) is 0 Å². The molecule has 3 aliphatic heterocycles. The van der Waals surface area contributed by atoms with Crippen molar-refractivity contribution >= 4 is 35.2 Å². The molecule has 0 radical (unpaired) electrons. The molecule has 0 aliphatic carbocycles. The second kappa shape index (κ2) is 11.3. The number of carbonyl (C=O) groups excluding carboxylic acids is 3. The summed E-state index contributed by atoms with van der Waals surface area (Å²) in [4.78, 5) is 45.7. The van der Waals surface area contributed by atoms with E-state index in [0.717, 1.165) is 23.2 Å². The van der Waals surface area contributed by atoms with Crippen LogP contribution < -0.4 is 4.90 Å². The molecule has 3 aliphatic rings. The lowest BCUT2D eigenvalue weighted by molar-refractivity contribution is -0.155. The van der Waals surface area contributed by atoms with Gasteiger partial charge >= 0.3 is 5.97 Å². The molecule has 8 heteroatoms. The van der Waals surface area contributed by atoms with Gasteiger partial charge in [0.05, 0.1) is 23.2 Å². The van der Waals surface area contributed by atoms with Crippen molar-refractivity contribution in [3.8, 4) is 0 Å². The number of aryl methyl sites for hydroxylation is 2. The minimum Gasteiger partial charge on any atom is -0.465 e. The number of thioether (sulfide) groups is 1. The van der Waals surface area contributed by atoms with E-state index < -0.39 is 27.4 Å². The van der Waals surface area contributed by atoms with Gasteiger partial charge in [0.15, 0.2) is 0 Å². The highest BCUT2D eigenvalue weighted by Crippen LogP contribution is 2.71. The van der Waals surface area contributed by atoms with Crippen LogP contribution in [-0.2, 0) is 19.1 Å². The number of nitrogens with zero attached hydrogens (tertiary/aromatic N) is 2. The molecule has 1 N–H and O–H groups in total. The van der Waals surface area contributed by atoms with Gasteiger partial charge in [-0.15, -0.1) is 24.9 Å². The summed E-state index contributed by atoms with van der Waals surface area (Å²) in [6.45, 7) is 14.5. The average molecular weight is 541 g/mol. The number of fused-ring (bicyclic) bond motifs is 1. The van der Waals surface area contributed by atoms with E-state index in [9.17, 15) is 19.5 Å². The number of rotatable bonds is 12. The van der Waals surface area contributed by atoms with Crippen LogP contribution in [0.3, 0.4) is 0 Å². The summed E-state index contributed by atoms with van der Waals surface area (Å²) in [5.74, 6) is -1.87. The molecule has 2 unspecified atom stereocenters. The maximum Gasteiger partial charge on any atom is 0.311 e. The van der Waals surface area contributed by atoms with Crippen molar-refractivity contribution in [3.05, 3.63) is 54.6 Å². The first-order valence-corrected chi connectivity index (χ1v) is 14.4. The fourth-order valence-electron chi connectivity index (χ4n) is 6.83. The van der Waals surface area contributed by atoms with E-state index in [1.54, 1.807) is 33.7 Å². The normalized spacial score (nSPS) is 29.3. The van der Waals surface area contributed by atoms with Crippen LogP contribution >= 0.6 is 11.8 Å². The fourth-order valence-corrected chi connectivity index (χ4v) is 9.17. The number of aliphatic hydroxyl groups is 1. The summed E-state index contributed by atoms with van der Waals surface area (Å²) in [6.07, 6.45) is 6.50. The van der Waals surface area contributed by atoms with Crippen LogP contribution in [0.1, 0.15) is 50.2 Å². The van der Waals surface area contributed by atoms with Crippen molar-refractivity contribution in [2.75, 3.05) is 31.2 Å². The fraction of sp³-hybridized carbons (Fsp3) is 0.567. The largest absolute Gasteiger partial charge is 0.465 e. The predicted octanol–water partition coefficient (Wildman–Crippen LogP) is 4.20. The Morgan fingerprint density at radius 1 is 1.21 bits per heavy atom. The number of para-hydroxylation sites is 1. The van der Waals surface area contributed by atoms with Gasteiger partial charge in [-0.05, 0) is 64.0 Å². The van der Waals surface area contributed by atoms with Crippen molar-refractivity contribution in [2.45, 2.75) is 68.4 Å². The molecule has 3 heterocycles. The standard InChI is InChI=1S/C30H40N2O5S/c1-6-8-19-37-28(36)23-22-26(34)32(17-9-10-18-33)25(30(22)15-14-29(23,5)38-30)27(35)31(16-7-2)24-20(3)12-11-13-21(24)4/h6-7,11-13,22-23,25,33H,1-2,8-10,14-19H2,3-5H3/t22-,23+,25?,29-,30?/m0/s1. The summed E-state index contributed by atoms with van der Waals surface area (Å²) >= 11 is 1.64. The third-order valence-corrected chi connectivity index (χ3v) is 10.4. The molecular formula is C30H40N2O5S. The number of amides is 2. The maximum atomic E-state index is 14.6. The lowest BCUT2D eigenvalue weighted by Gasteiger charge is -2.38. The Balaban J connectivity index is 1.78. The molecule has 2 amide bonds. The predicted molar refractivity (Wildman–Crippen MR) is 151 cm³/mol. The number of anilines is 1. The van der Waals surface area contributed by atoms with Crippen LogP contribution in [0.4, 0.5) is 5.69 Å². The molecule has 3 saturated heterocycles. The van der Waals surface area contributed by atoms with E-state index in [4.69, 9.17) is 4.74 Å². The smallest absolute Gasteiger partial charge is 0.311 e. The van der Waals surface area contributed by atoms with Crippen molar-refractivity contribution in [1.82, 2.24) is 4.90 Å². The van der Waals surface area contributed by atoms with Crippen LogP contribution in [-0.4, -0.2) is 69.6 Å². The Bertz CT molecular complexity index is 1100. The van der Waals surface area contributed by atoms with Crippen molar-refractivity contribution in [2.24, 2.45) is 11.8 Å². The molecule has 7 nitrogen and oxygen atoms in total. The molecule has 3 fully saturated rings. The first-order valence-electron chi connectivity index (χ1n) is 13.5. The van der Waals surface area contributed by atoms with Gasteiger partial charge in [-0.1, -0.05) is 30.4 Å². The number of esters is 1. The molecule has 0 saturated carbocycles. The molecule has 0 aromatic heterocycles. The van der Waals surface area contributed by atoms with E-state index in [1.165, 1.54) is 0 Å². The SMILES string of the molecule is C=CCCOC(=O)[C@H]1[C@H]2C(=O)N(CCCCO)C(C(=O)N(CC=C)c3c(C)cccc3C)C23CC[C@]1(C)S3. The Labute approximate surface area is 230 Å². The number of hydrogen-bond donors (Lipinski definition) is 1. The zero-order valence-corrected chi connectivity index (χ0v) is 23.6. The van der Waals surface area contributed by atoms with Gasteiger partial charge in [-0.25, -0.2) is 0 Å². The highest BCUT2D eigenvalue weighted by atomic mass is 32.2. The van der Waals surface area contributed by atoms with Gasteiger partial charge in [0, 0.05) is 30.1 Å². The van der Waals surface area contributed by atoms with Crippen LogP contribution in [0.25, 0.3) is 0 Å². The second-order valence-corrected chi connectivity index (χ2v) is 12.8. The van der Waals surface area contributed by atoms with E-state index in [2.05, 4.69) is 13.2 Å². The molecule has 1 spiro atoms. The quantitative estimate of drug-likeness (QED) is 0.243. The number of carbonyl (C=O) groups is 3. The Morgan fingerprint density at radius 2 is 1.92 bits per heavy atom. The monoisotopic (exact) mass is 540 g/mol. The Hall–Kier alpha value is -2.58. The maximum absolute atomic E-state index is 14.6. The van der Waals surface area contributed by atoms with Crippen LogP contribution in [0, 0.1) is 25.7 Å². The molecular weight excluding hydrogens is 500 g/mol. The average Bonchev–Trinajstić information content (AvgIpc) is 3.44. The number of likely N-dealkylation sites (tertiary alicyclic amines) is 1. The van der Waals surface area contributed by atoms with Gasteiger partial charge in [-0.3, -0.25) is 14.4 Å². The van der Waals surface area contributed by atoms with E-state index in [-0.39, 0.29) is 31.0 Å². The third kappa shape index (κ3) is 4.60. The highest BCUT2D eigenvalue weighted by molar-refractivity contribution is 8.02. The number of ether oxygens (including phenoxy) is 1. The minimum atomic E-state index is -0.713. The number of benzene rings is 1. The van der Waals surface area contributed by atoms with Crippen LogP contribution in [0.15, 0.2) is 43.5 Å². The summed E-state index contributed by atoms with van der Waals surface area (Å²) in [7, 11) is 0. The van der Waals surface area contributed by atoms with Gasteiger partial charge in [0.2, 0.25) is 5.91 Å². The molecule has 1 aromatic rings. The van der Waals surface area contributed by atoms with Gasteiger partial charge < -0.3 is 19.6 Å². The number of aliphatic hydroxyl groups excluding tert-OH is 1. The van der Waals surface area contributed by atoms with Gasteiger partial charge in [-0.2, -0.15) is 0 Å². The summed E-state index contributed by atoms with van der Waals surface area (Å²) in [5, 5.41) is 9.40. The van der Waals surface area contributed by atoms with Crippen molar-refractivity contribution in [3.63, 3.8) is 0 Å². The number of hydrogen-bond acceptors (Lipinski definition) is 6. The first kappa shape index (κ1) is 28.4. The Kier molecular flexibility index (Phi) is 8.43. The molecule has 1 aromatic carbocycles. The highest BCUT2D eigenvalue weighted by Gasteiger charge is 2.77. The Morgan fingerprint density at radius 3 is 2.55 bits per heavy atom. The van der Waals surface area contributed by atoms with E-state index in [1.807, 2.05) is 39.0 Å². The van der Waals surface area contributed by atoms with Gasteiger partial charge in [0.1, 0.15) is 6.04 Å². The molecule has 206 valence electrons. The minimum absolute atomic E-state index is 0.0191. The second-order valence-electron chi connectivity index (χ2n) is 10.9. The van der Waals surface area contributed by atoms with Gasteiger partial charge in [0.25, 0.3) is 5.91 Å². The lowest BCUT2D eigenvalue weighted by Crippen LogP contribution is -2.55. The molecule has 5 atom stereocenters. The van der Waals surface area contributed by atoms with E-state index in [0.29, 0.717) is 38.8 Å². The summed E-state index contributed by atoms with van der Waals surface area (Å²) < 4.78 is 4.44. The third-order valence-electron chi connectivity index (χ3n) is 8.43. The zero-order chi connectivity index (χ0) is 27.7.